The maximum atomic E-state index is 12.2. The van der Waals surface area contributed by atoms with Crippen LogP contribution < -0.4 is 11.1 Å². The fourth-order valence-corrected chi connectivity index (χ4v) is 2.18. The van der Waals surface area contributed by atoms with Crippen molar-refractivity contribution in [1.82, 2.24) is 5.32 Å². The molecular weight excluding hydrogens is 312 g/mol. The molecule has 0 fully saturated rings. The number of methoxy groups -OCH3 is 2. The Morgan fingerprint density at radius 2 is 1.79 bits per heavy atom. The van der Waals surface area contributed by atoms with Gasteiger partial charge in [-0.25, -0.2) is 4.79 Å². The van der Waals surface area contributed by atoms with Crippen LogP contribution in [0.1, 0.15) is 24.8 Å². The van der Waals surface area contributed by atoms with E-state index in [0.717, 1.165) is 5.56 Å². The molecule has 0 radical (unpaired) electrons. The van der Waals surface area contributed by atoms with Crippen molar-refractivity contribution in [2.24, 2.45) is 5.73 Å². The fourth-order valence-electron chi connectivity index (χ4n) is 2.18. The second-order valence-corrected chi connectivity index (χ2v) is 5.35. The standard InChI is InChI=1S/C17H24N2O5/c1-23-15(20)10-6-9-14(17(22)24-2)19-16(21)13(18)11-12-7-4-3-5-8-12/h3-5,7-8,13-14H,6,9-11,18H2,1-2H3,(H,19,21)/t13-,14+/m1/s1. The molecule has 1 amide bonds. The monoisotopic (exact) mass is 336 g/mol. The number of amides is 1. The molecule has 1 aromatic rings. The smallest absolute Gasteiger partial charge is 0.328 e. The Morgan fingerprint density at radius 3 is 2.38 bits per heavy atom. The minimum absolute atomic E-state index is 0.163. The lowest BCUT2D eigenvalue weighted by Crippen LogP contribution is -2.49. The molecule has 1 aromatic carbocycles. The highest BCUT2D eigenvalue weighted by molar-refractivity contribution is 5.87. The molecule has 7 heteroatoms. The molecule has 0 aliphatic rings. The van der Waals surface area contributed by atoms with Crippen LogP contribution in [0.15, 0.2) is 30.3 Å². The molecule has 24 heavy (non-hydrogen) atoms. The van der Waals surface area contributed by atoms with Crippen molar-refractivity contribution in [2.75, 3.05) is 14.2 Å². The summed E-state index contributed by atoms with van der Waals surface area (Å²) in [4.78, 5) is 35.1. The molecular formula is C17H24N2O5. The summed E-state index contributed by atoms with van der Waals surface area (Å²) in [5.41, 5.74) is 6.83. The summed E-state index contributed by atoms with van der Waals surface area (Å²) in [5, 5.41) is 2.59. The van der Waals surface area contributed by atoms with Crippen molar-refractivity contribution in [3.05, 3.63) is 35.9 Å². The fraction of sp³-hybridized carbons (Fsp3) is 0.471. The molecule has 2 atom stereocenters. The Hall–Kier alpha value is -2.41. The van der Waals surface area contributed by atoms with Crippen molar-refractivity contribution in [1.29, 1.82) is 0 Å². The Bertz CT molecular complexity index is 547. The topological polar surface area (TPSA) is 108 Å². The van der Waals surface area contributed by atoms with E-state index in [-0.39, 0.29) is 18.8 Å². The molecule has 0 aliphatic heterocycles. The third kappa shape index (κ3) is 6.78. The van der Waals surface area contributed by atoms with Gasteiger partial charge >= 0.3 is 11.9 Å². The third-order valence-corrected chi connectivity index (χ3v) is 3.54. The second-order valence-electron chi connectivity index (χ2n) is 5.35. The number of hydrogen-bond acceptors (Lipinski definition) is 6. The molecule has 0 aliphatic carbocycles. The maximum Gasteiger partial charge on any atom is 0.328 e. The maximum absolute atomic E-state index is 12.2. The molecule has 3 N–H and O–H groups in total. The molecule has 0 saturated carbocycles. The lowest BCUT2D eigenvalue weighted by Gasteiger charge is -2.19. The third-order valence-electron chi connectivity index (χ3n) is 3.54. The number of nitrogens with two attached hydrogens (primary N) is 1. The largest absolute Gasteiger partial charge is 0.469 e. The van der Waals surface area contributed by atoms with Crippen LogP contribution in [0.5, 0.6) is 0 Å². The number of rotatable bonds is 9. The van der Waals surface area contributed by atoms with Gasteiger partial charge in [0.05, 0.1) is 20.3 Å². The van der Waals surface area contributed by atoms with Gasteiger partial charge in [0.2, 0.25) is 5.91 Å². The molecule has 0 aromatic heterocycles. The number of nitrogens with one attached hydrogen (secondary N) is 1. The molecule has 0 saturated heterocycles. The van der Waals surface area contributed by atoms with Crippen LogP contribution in [0.4, 0.5) is 0 Å². The van der Waals surface area contributed by atoms with Gasteiger partial charge in [-0.1, -0.05) is 30.3 Å². The summed E-state index contributed by atoms with van der Waals surface area (Å²) < 4.78 is 9.23. The van der Waals surface area contributed by atoms with Crippen LogP contribution in [0, 0.1) is 0 Å². The van der Waals surface area contributed by atoms with Gasteiger partial charge < -0.3 is 20.5 Å². The summed E-state index contributed by atoms with van der Waals surface area (Å²) in [7, 11) is 2.54. The van der Waals surface area contributed by atoms with Crippen LogP contribution in [0.25, 0.3) is 0 Å². The number of carbonyl (C=O) groups excluding carboxylic acids is 3. The zero-order valence-corrected chi connectivity index (χ0v) is 14.0. The minimum atomic E-state index is -0.839. The zero-order valence-electron chi connectivity index (χ0n) is 14.0. The first-order valence-corrected chi connectivity index (χ1v) is 7.72. The van der Waals surface area contributed by atoms with E-state index in [1.807, 2.05) is 30.3 Å². The number of ether oxygens (including phenoxy) is 2. The van der Waals surface area contributed by atoms with Crippen molar-refractivity contribution in [3.63, 3.8) is 0 Å². The van der Waals surface area contributed by atoms with Crippen molar-refractivity contribution >= 4 is 17.8 Å². The number of esters is 2. The van der Waals surface area contributed by atoms with Crippen LogP contribution in [-0.4, -0.2) is 44.1 Å². The Labute approximate surface area is 141 Å². The summed E-state index contributed by atoms with van der Waals surface area (Å²) in [6.07, 6.45) is 1.19. The first-order chi connectivity index (χ1) is 11.5. The number of benzene rings is 1. The first kappa shape index (κ1) is 19.6. The highest BCUT2D eigenvalue weighted by Crippen LogP contribution is 2.06. The number of hydrogen-bond donors (Lipinski definition) is 2. The lowest BCUT2D eigenvalue weighted by atomic mass is 10.0. The van der Waals surface area contributed by atoms with Crippen LogP contribution >= 0.6 is 0 Å². The average Bonchev–Trinajstić information content (AvgIpc) is 2.60. The predicted molar refractivity (Wildman–Crippen MR) is 87.9 cm³/mol. The Kier molecular flexibility index (Phi) is 8.49. The highest BCUT2D eigenvalue weighted by atomic mass is 16.5. The van der Waals surface area contributed by atoms with Gasteiger partial charge in [-0.2, -0.15) is 0 Å². The summed E-state index contributed by atoms with van der Waals surface area (Å²) >= 11 is 0. The Morgan fingerprint density at radius 1 is 1.12 bits per heavy atom. The normalized spacial score (nSPS) is 12.8. The predicted octanol–water partition coefficient (Wildman–Crippen LogP) is 0.558. The molecule has 132 valence electrons. The quantitative estimate of drug-likeness (QED) is 0.638. The Balaban J connectivity index is 2.56. The molecule has 0 bridgehead atoms. The van der Waals surface area contributed by atoms with Gasteiger partial charge in [-0.3, -0.25) is 9.59 Å². The van der Waals surface area contributed by atoms with E-state index in [2.05, 4.69) is 14.8 Å². The van der Waals surface area contributed by atoms with Crippen molar-refractivity contribution in [3.8, 4) is 0 Å². The van der Waals surface area contributed by atoms with Gasteiger partial charge in [0.25, 0.3) is 0 Å². The van der Waals surface area contributed by atoms with E-state index in [1.165, 1.54) is 14.2 Å². The molecule has 0 heterocycles. The average molecular weight is 336 g/mol. The van der Waals surface area contributed by atoms with E-state index in [1.54, 1.807) is 0 Å². The van der Waals surface area contributed by atoms with Crippen molar-refractivity contribution in [2.45, 2.75) is 37.8 Å². The summed E-state index contributed by atoms with van der Waals surface area (Å²) in [6.45, 7) is 0. The lowest BCUT2D eigenvalue weighted by molar-refractivity contribution is -0.146. The van der Waals surface area contributed by atoms with Crippen molar-refractivity contribution < 1.29 is 23.9 Å². The summed E-state index contributed by atoms with van der Waals surface area (Å²) in [5.74, 6) is -1.38. The highest BCUT2D eigenvalue weighted by Gasteiger charge is 2.24. The van der Waals surface area contributed by atoms with Gasteiger partial charge in [-0.05, 0) is 24.8 Å². The van der Waals surface area contributed by atoms with E-state index >= 15 is 0 Å². The molecule has 1 rings (SSSR count). The number of carbonyl (C=O) groups is 3. The second kappa shape index (κ2) is 10.4. The van der Waals surface area contributed by atoms with E-state index in [4.69, 9.17) is 5.73 Å². The van der Waals surface area contributed by atoms with Crippen LogP contribution in [-0.2, 0) is 30.3 Å². The van der Waals surface area contributed by atoms with Gasteiger partial charge in [-0.15, -0.1) is 0 Å². The SMILES string of the molecule is COC(=O)CCC[C@H](NC(=O)[C@H](N)Cc1ccccc1)C(=O)OC. The molecule has 7 nitrogen and oxygen atoms in total. The van der Waals surface area contributed by atoms with E-state index < -0.39 is 24.0 Å². The van der Waals surface area contributed by atoms with Crippen LogP contribution in [0.2, 0.25) is 0 Å². The van der Waals surface area contributed by atoms with Gasteiger partial charge in [0, 0.05) is 6.42 Å². The van der Waals surface area contributed by atoms with Crippen LogP contribution in [0.3, 0.4) is 0 Å². The van der Waals surface area contributed by atoms with E-state index in [0.29, 0.717) is 12.8 Å². The first-order valence-electron chi connectivity index (χ1n) is 7.72. The van der Waals surface area contributed by atoms with E-state index in [9.17, 15) is 14.4 Å². The van der Waals surface area contributed by atoms with Gasteiger partial charge in [0.15, 0.2) is 0 Å². The molecule has 0 spiro atoms. The van der Waals surface area contributed by atoms with Gasteiger partial charge in [0.1, 0.15) is 6.04 Å². The minimum Gasteiger partial charge on any atom is -0.469 e. The summed E-state index contributed by atoms with van der Waals surface area (Å²) in [6, 6.07) is 7.74. The molecule has 0 unspecified atom stereocenters. The zero-order chi connectivity index (χ0) is 17.9.